The van der Waals surface area contributed by atoms with Crippen molar-refractivity contribution in [1.82, 2.24) is 9.62 Å². The number of benzene rings is 1. The number of rotatable bonds is 4. The number of piperidine rings is 1. The van der Waals surface area contributed by atoms with Crippen molar-refractivity contribution in [1.29, 1.82) is 0 Å². The van der Waals surface area contributed by atoms with E-state index in [0.29, 0.717) is 10.9 Å². The second kappa shape index (κ2) is 6.91. The van der Waals surface area contributed by atoms with Gasteiger partial charge in [0.2, 0.25) is 10.0 Å². The number of sulfonamides is 1. The minimum Gasteiger partial charge on any atom is -0.301 e. The first-order chi connectivity index (χ1) is 10.6. The van der Waals surface area contributed by atoms with Gasteiger partial charge in [-0.15, -0.1) is 0 Å². The van der Waals surface area contributed by atoms with E-state index in [2.05, 4.69) is 44.2 Å². The highest BCUT2D eigenvalue weighted by Crippen LogP contribution is 2.24. The van der Waals surface area contributed by atoms with Crippen LogP contribution in [0.2, 0.25) is 0 Å². The molecule has 0 radical (unpaired) electrons. The number of nitrogens with one attached hydrogen (secondary N) is 1. The van der Waals surface area contributed by atoms with Gasteiger partial charge < -0.3 is 4.90 Å². The number of nitrogens with zero attached hydrogens (tertiary/aromatic N) is 1. The van der Waals surface area contributed by atoms with E-state index in [1.165, 1.54) is 0 Å². The summed E-state index contributed by atoms with van der Waals surface area (Å²) in [7, 11) is -3.43. The molecule has 1 N–H and O–H groups in total. The largest absolute Gasteiger partial charge is 0.301 e. The van der Waals surface area contributed by atoms with E-state index in [9.17, 15) is 8.42 Å². The maximum Gasteiger partial charge on any atom is 0.240 e. The van der Waals surface area contributed by atoms with Gasteiger partial charge in [0, 0.05) is 12.1 Å². The van der Waals surface area contributed by atoms with Crippen molar-refractivity contribution in [2.75, 3.05) is 13.1 Å². The van der Waals surface area contributed by atoms with E-state index in [1.807, 2.05) is 12.1 Å². The molecule has 1 aromatic carbocycles. The van der Waals surface area contributed by atoms with Crippen molar-refractivity contribution >= 4 is 10.0 Å². The lowest BCUT2D eigenvalue weighted by Gasteiger charge is -2.34. The molecular weight excluding hydrogens is 308 g/mol. The second-order valence-electron chi connectivity index (χ2n) is 7.80. The summed E-state index contributed by atoms with van der Waals surface area (Å²) in [6, 6.07) is 7.82. The molecule has 0 bridgehead atoms. The van der Waals surface area contributed by atoms with Crippen molar-refractivity contribution < 1.29 is 8.42 Å². The number of hydrogen-bond acceptors (Lipinski definition) is 3. The van der Waals surface area contributed by atoms with Crippen molar-refractivity contribution in [3.8, 4) is 0 Å². The standard InChI is InChI=1S/C18H30N2O2S/c1-14(2)20-12-10-16(11-13-20)19-23(21,22)17-8-6-15(7-9-17)18(3,4)5/h6-9,14,16,19H,10-13H2,1-5H3. The fraction of sp³-hybridized carbons (Fsp3) is 0.667. The predicted molar refractivity (Wildman–Crippen MR) is 95.2 cm³/mol. The zero-order chi connectivity index (χ0) is 17.3. The fourth-order valence-corrected chi connectivity index (χ4v) is 4.26. The molecule has 0 atom stereocenters. The second-order valence-corrected chi connectivity index (χ2v) is 9.51. The van der Waals surface area contributed by atoms with Gasteiger partial charge in [0.1, 0.15) is 0 Å². The van der Waals surface area contributed by atoms with Crippen LogP contribution in [0, 0.1) is 0 Å². The summed E-state index contributed by atoms with van der Waals surface area (Å²) in [5.41, 5.74) is 1.17. The Morgan fingerprint density at radius 3 is 2.04 bits per heavy atom. The summed E-state index contributed by atoms with van der Waals surface area (Å²) in [5.74, 6) is 0. The Kier molecular flexibility index (Phi) is 5.54. The zero-order valence-electron chi connectivity index (χ0n) is 15.0. The maximum atomic E-state index is 12.6. The molecule has 4 nitrogen and oxygen atoms in total. The average molecular weight is 339 g/mol. The molecule has 0 amide bonds. The molecule has 1 heterocycles. The number of likely N-dealkylation sites (tertiary alicyclic amines) is 1. The van der Waals surface area contributed by atoms with E-state index in [-0.39, 0.29) is 11.5 Å². The Morgan fingerprint density at radius 1 is 1.09 bits per heavy atom. The van der Waals surface area contributed by atoms with E-state index in [1.54, 1.807) is 12.1 Å². The molecule has 1 aliphatic heterocycles. The van der Waals surface area contributed by atoms with Crippen molar-refractivity contribution in [3.05, 3.63) is 29.8 Å². The maximum absolute atomic E-state index is 12.6. The molecule has 0 saturated carbocycles. The molecule has 130 valence electrons. The Morgan fingerprint density at radius 2 is 1.61 bits per heavy atom. The number of hydrogen-bond donors (Lipinski definition) is 1. The van der Waals surface area contributed by atoms with Gasteiger partial charge in [0.25, 0.3) is 0 Å². The lowest BCUT2D eigenvalue weighted by atomic mass is 9.87. The molecule has 5 heteroatoms. The molecule has 0 unspecified atom stereocenters. The topological polar surface area (TPSA) is 49.4 Å². The minimum absolute atomic E-state index is 0.0272. The van der Waals surface area contributed by atoms with E-state index in [0.717, 1.165) is 31.5 Å². The Labute approximate surface area is 141 Å². The SMILES string of the molecule is CC(C)N1CCC(NS(=O)(=O)c2ccc(C(C)(C)C)cc2)CC1. The normalized spacial score (nSPS) is 18.5. The van der Waals surface area contributed by atoms with Gasteiger partial charge in [-0.3, -0.25) is 0 Å². The minimum atomic E-state index is -3.43. The molecule has 23 heavy (non-hydrogen) atoms. The van der Waals surface area contributed by atoms with Gasteiger partial charge >= 0.3 is 0 Å². The summed E-state index contributed by atoms with van der Waals surface area (Å²) >= 11 is 0. The van der Waals surface area contributed by atoms with Crippen molar-refractivity contribution in [2.24, 2.45) is 0 Å². The molecule has 2 rings (SSSR count). The smallest absolute Gasteiger partial charge is 0.240 e. The van der Waals surface area contributed by atoms with Crippen LogP contribution in [0.4, 0.5) is 0 Å². The third-order valence-electron chi connectivity index (χ3n) is 4.61. The van der Waals surface area contributed by atoms with Crippen LogP contribution in [-0.2, 0) is 15.4 Å². The van der Waals surface area contributed by atoms with Gasteiger partial charge in [-0.1, -0.05) is 32.9 Å². The molecule has 1 fully saturated rings. The summed E-state index contributed by atoms with van der Waals surface area (Å²) < 4.78 is 28.0. The van der Waals surface area contributed by atoms with Crippen LogP contribution < -0.4 is 4.72 Å². The molecule has 1 saturated heterocycles. The highest BCUT2D eigenvalue weighted by molar-refractivity contribution is 7.89. The van der Waals surface area contributed by atoms with Gasteiger partial charge in [-0.25, -0.2) is 13.1 Å². The Hall–Kier alpha value is -0.910. The Balaban J connectivity index is 2.02. The van der Waals surface area contributed by atoms with Crippen LogP contribution in [0.15, 0.2) is 29.2 Å². The first-order valence-corrected chi connectivity index (χ1v) is 9.95. The first kappa shape index (κ1) is 18.4. The predicted octanol–water partition coefficient (Wildman–Crippen LogP) is 3.14. The van der Waals surface area contributed by atoms with Crippen LogP contribution >= 0.6 is 0 Å². The highest BCUT2D eigenvalue weighted by atomic mass is 32.2. The lowest BCUT2D eigenvalue weighted by Crippen LogP contribution is -2.46. The van der Waals surface area contributed by atoms with Crippen LogP contribution in [0.25, 0.3) is 0 Å². The fourth-order valence-electron chi connectivity index (χ4n) is 2.96. The van der Waals surface area contributed by atoms with Crippen LogP contribution in [0.5, 0.6) is 0 Å². The van der Waals surface area contributed by atoms with E-state index >= 15 is 0 Å². The van der Waals surface area contributed by atoms with Crippen LogP contribution in [-0.4, -0.2) is 38.5 Å². The molecule has 1 aromatic rings. The van der Waals surface area contributed by atoms with E-state index in [4.69, 9.17) is 0 Å². The summed E-state index contributed by atoms with van der Waals surface area (Å²) in [5, 5.41) is 0. The molecule has 0 aromatic heterocycles. The zero-order valence-corrected chi connectivity index (χ0v) is 15.8. The molecular formula is C18H30N2O2S. The summed E-state index contributed by atoms with van der Waals surface area (Å²) in [6.45, 7) is 12.6. The summed E-state index contributed by atoms with van der Waals surface area (Å²) in [6.07, 6.45) is 1.75. The van der Waals surface area contributed by atoms with Crippen LogP contribution in [0.3, 0.4) is 0 Å². The third-order valence-corrected chi connectivity index (χ3v) is 6.15. The highest BCUT2D eigenvalue weighted by Gasteiger charge is 2.25. The van der Waals surface area contributed by atoms with Gasteiger partial charge in [-0.05, 0) is 62.9 Å². The monoisotopic (exact) mass is 338 g/mol. The molecule has 1 aliphatic rings. The third kappa shape index (κ3) is 4.78. The Bertz CT molecular complexity index is 607. The van der Waals surface area contributed by atoms with Gasteiger partial charge in [0.15, 0.2) is 0 Å². The molecule has 0 aliphatic carbocycles. The molecule has 0 spiro atoms. The van der Waals surface area contributed by atoms with Crippen molar-refractivity contribution in [2.45, 2.75) is 69.9 Å². The summed E-state index contributed by atoms with van der Waals surface area (Å²) in [4.78, 5) is 2.75. The van der Waals surface area contributed by atoms with E-state index < -0.39 is 10.0 Å². The van der Waals surface area contributed by atoms with Gasteiger partial charge in [-0.2, -0.15) is 0 Å². The van der Waals surface area contributed by atoms with Crippen molar-refractivity contribution in [3.63, 3.8) is 0 Å². The average Bonchev–Trinajstić information content (AvgIpc) is 2.46. The first-order valence-electron chi connectivity index (χ1n) is 8.46. The van der Waals surface area contributed by atoms with Gasteiger partial charge in [0.05, 0.1) is 4.90 Å². The quantitative estimate of drug-likeness (QED) is 0.917. The van der Waals surface area contributed by atoms with Crippen LogP contribution in [0.1, 0.15) is 53.0 Å². The lowest BCUT2D eigenvalue weighted by molar-refractivity contribution is 0.168.